The summed E-state index contributed by atoms with van der Waals surface area (Å²) in [6, 6.07) is 0.126. The van der Waals surface area contributed by atoms with Gasteiger partial charge in [-0.1, -0.05) is 40.5 Å². The van der Waals surface area contributed by atoms with Crippen molar-refractivity contribution in [3.05, 3.63) is 0 Å². The fraction of sp³-hybridized carbons (Fsp3) is 0.900. The molecule has 0 aromatic heterocycles. The molecule has 0 saturated carbocycles. The van der Waals surface area contributed by atoms with Gasteiger partial charge in [0.15, 0.2) is 0 Å². The second kappa shape index (κ2) is 17.0. The normalized spacial score (nSPS) is 10.5. The number of nitrogens with one attached hydrogen (secondary N) is 2. The number of unbranched alkanes of at least 4 members (excludes halogenated alkanes) is 3. The molecule has 0 bridgehead atoms. The van der Waals surface area contributed by atoms with Gasteiger partial charge in [-0.15, -0.1) is 0 Å². The SMILES string of the molecule is CCCN(CCC)C(=O)NCCCCCCNC(=O)N(CCC)CCC. The lowest BCUT2D eigenvalue weighted by atomic mass is 10.2. The Kier molecular flexibility index (Phi) is 16.0. The molecule has 0 aliphatic carbocycles. The van der Waals surface area contributed by atoms with Crippen molar-refractivity contribution >= 4 is 12.1 Å². The molecule has 0 aromatic carbocycles. The van der Waals surface area contributed by atoms with E-state index in [0.29, 0.717) is 0 Å². The summed E-state index contributed by atoms with van der Waals surface area (Å²) in [5, 5.41) is 6.03. The average molecular weight is 371 g/mol. The van der Waals surface area contributed by atoms with Gasteiger partial charge in [-0.05, 0) is 38.5 Å². The van der Waals surface area contributed by atoms with Crippen molar-refractivity contribution in [3.8, 4) is 0 Å². The summed E-state index contributed by atoms with van der Waals surface area (Å²) in [5.74, 6) is 0. The Morgan fingerprint density at radius 2 is 0.885 bits per heavy atom. The monoisotopic (exact) mass is 370 g/mol. The maximum Gasteiger partial charge on any atom is 0.317 e. The van der Waals surface area contributed by atoms with E-state index >= 15 is 0 Å². The summed E-state index contributed by atoms with van der Waals surface area (Å²) in [5.41, 5.74) is 0. The van der Waals surface area contributed by atoms with Gasteiger partial charge in [-0.2, -0.15) is 0 Å². The van der Waals surface area contributed by atoms with Crippen molar-refractivity contribution in [2.45, 2.75) is 79.1 Å². The van der Waals surface area contributed by atoms with Gasteiger partial charge in [0, 0.05) is 39.3 Å². The summed E-state index contributed by atoms with van der Waals surface area (Å²) in [4.78, 5) is 27.9. The molecule has 0 atom stereocenters. The van der Waals surface area contributed by atoms with Crippen LogP contribution in [0.15, 0.2) is 0 Å². The van der Waals surface area contributed by atoms with Crippen LogP contribution in [0, 0.1) is 0 Å². The Balaban J connectivity index is 3.71. The van der Waals surface area contributed by atoms with E-state index in [0.717, 1.165) is 90.6 Å². The van der Waals surface area contributed by atoms with Gasteiger partial charge in [0.05, 0.1) is 0 Å². The minimum atomic E-state index is 0.0629. The zero-order chi connectivity index (χ0) is 19.6. The van der Waals surface area contributed by atoms with E-state index in [1.807, 2.05) is 9.80 Å². The molecule has 0 aliphatic heterocycles. The van der Waals surface area contributed by atoms with Gasteiger partial charge in [0.25, 0.3) is 0 Å². The Morgan fingerprint density at radius 3 is 1.15 bits per heavy atom. The lowest BCUT2D eigenvalue weighted by molar-refractivity contribution is 0.196. The molecule has 154 valence electrons. The van der Waals surface area contributed by atoms with Crippen LogP contribution in [0.1, 0.15) is 79.1 Å². The third kappa shape index (κ3) is 12.0. The lowest BCUT2D eigenvalue weighted by Gasteiger charge is -2.22. The highest BCUT2D eigenvalue weighted by Gasteiger charge is 2.11. The Hall–Kier alpha value is -1.46. The molecule has 0 rings (SSSR count). The first-order chi connectivity index (χ1) is 12.6. The van der Waals surface area contributed by atoms with Crippen molar-refractivity contribution in [2.24, 2.45) is 0 Å². The third-order valence-electron chi connectivity index (χ3n) is 4.20. The van der Waals surface area contributed by atoms with Crippen LogP contribution < -0.4 is 10.6 Å². The van der Waals surface area contributed by atoms with Crippen molar-refractivity contribution in [2.75, 3.05) is 39.3 Å². The van der Waals surface area contributed by atoms with Crippen LogP contribution in [0.2, 0.25) is 0 Å². The van der Waals surface area contributed by atoms with Crippen LogP contribution in [-0.2, 0) is 0 Å². The van der Waals surface area contributed by atoms with E-state index < -0.39 is 0 Å². The first-order valence-electron chi connectivity index (χ1n) is 10.7. The highest BCUT2D eigenvalue weighted by atomic mass is 16.2. The minimum absolute atomic E-state index is 0.0629. The highest BCUT2D eigenvalue weighted by Crippen LogP contribution is 2.01. The van der Waals surface area contributed by atoms with E-state index in [1.54, 1.807) is 0 Å². The summed E-state index contributed by atoms with van der Waals surface area (Å²) in [7, 11) is 0. The summed E-state index contributed by atoms with van der Waals surface area (Å²) in [6.45, 7) is 13.2. The Morgan fingerprint density at radius 1 is 0.577 bits per heavy atom. The van der Waals surface area contributed by atoms with E-state index in [2.05, 4.69) is 38.3 Å². The number of nitrogens with zero attached hydrogens (tertiary/aromatic N) is 2. The summed E-state index contributed by atoms with van der Waals surface area (Å²) < 4.78 is 0. The Bertz CT molecular complexity index is 318. The van der Waals surface area contributed by atoms with E-state index in [4.69, 9.17) is 0 Å². The van der Waals surface area contributed by atoms with Crippen LogP contribution >= 0.6 is 0 Å². The molecule has 0 fully saturated rings. The number of hydrogen-bond donors (Lipinski definition) is 2. The van der Waals surface area contributed by atoms with Crippen LogP contribution in [0.4, 0.5) is 9.59 Å². The molecule has 4 amide bonds. The smallest absolute Gasteiger partial charge is 0.317 e. The first-order valence-corrected chi connectivity index (χ1v) is 10.7. The highest BCUT2D eigenvalue weighted by molar-refractivity contribution is 5.74. The lowest BCUT2D eigenvalue weighted by Crippen LogP contribution is -2.41. The molecule has 0 unspecified atom stereocenters. The van der Waals surface area contributed by atoms with Gasteiger partial charge < -0.3 is 20.4 Å². The van der Waals surface area contributed by atoms with Crippen LogP contribution in [0.5, 0.6) is 0 Å². The summed E-state index contributed by atoms with van der Waals surface area (Å²) >= 11 is 0. The molecule has 0 heterocycles. The van der Waals surface area contributed by atoms with E-state index in [9.17, 15) is 9.59 Å². The second-order valence-electron chi connectivity index (χ2n) is 6.85. The van der Waals surface area contributed by atoms with Gasteiger partial charge in [0.1, 0.15) is 0 Å². The number of rotatable bonds is 15. The van der Waals surface area contributed by atoms with Crippen molar-refractivity contribution < 1.29 is 9.59 Å². The number of urea groups is 2. The molecule has 26 heavy (non-hydrogen) atoms. The van der Waals surface area contributed by atoms with Gasteiger partial charge in [-0.3, -0.25) is 0 Å². The Labute approximate surface area is 161 Å². The van der Waals surface area contributed by atoms with E-state index in [-0.39, 0.29) is 12.1 Å². The van der Waals surface area contributed by atoms with Crippen molar-refractivity contribution in [1.82, 2.24) is 20.4 Å². The second-order valence-corrected chi connectivity index (χ2v) is 6.85. The number of carbonyl (C=O) groups is 2. The predicted molar refractivity (Wildman–Crippen MR) is 110 cm³/mol. The largest absolute Gasteiger partial charge is 0.338 e. The van der Waals surface area contributed by atoms with Crippen LogP contribution in [0.25, 0.3) is 0 Å². The maximum atomic E-state index is 12.1. The zero-order valence-electron chi connectivity index (χ0n) is 17.6. The first kappa shape index (κ1) is 24.5. The quantitative estimate of drug-likeness (QED) is 0.424. The molecule has 6 nitrogen and oxygen atoms in total. The molecule has 0 aliphatic rings. The molecular formula is C20H42N4O2. The standard InChI is InChI=1S/C20H42N4O2/c1-5-15-23(16-6-2)19(25)21-13-11-9-10-12-14-22-20(26)24(17-7-3)18-8-4/h5-18H2,1-4H3,(H,21,25)(H,22,26). The number of amides is 4. The molecular weight excluding hydrogens is 328 g/mol. The fourth-order valence-corrected chi connectivity index (χ4v) is 2.93. The third-order valence-corrected chi connectivity index (χ3v) is 4.20. The van der Waals surface area contributed by atoms with Crippen LogP contribution in [0.3, 0.4) is 0 Å². The molecule has 0 aromatic rings. The topological polar surface area (TPSA) is 64.7 Å². The summed E-state index contributed by atoms with van der Waals surface area (Å²) in [6.07, 6.45) is 8.10. The predicted octanol–water partition coefficient (Wildman–Crippen LogP) is 4.21. The molecule has 0 spiro atoms. The van der Waals surface area contributed by atoms with Crippen LogP contribution in [-0.4, -0.2) is 61.1 Å². The van der Waals surface area contributed by atoms with Gasteiger partial charge in [-0.25, -0.2) is 9.59 Å². The van der Waals surface area contributed by atoms with Crippen molar-refractivity contribution in [3.63, 3.8) is 0 Å². The average Bonchev–Trinajstić information content (AvgIpc) is 2.63. The maximum absolute atomic E-state index is 12.1. The number of hydrogen-bond acceptors (Lipinski definition) is 2. The number of carbonyl (C=O) groups excluding carboxylic acids is 2. The van der Waals surface area contributed by atoms with Gasteiger partial charge >= 0.3 is 12.1 Å². The minimum Gasteiger partial charge on any atom is -0.338 e. The zero-order valence-corrected chi connectivity index (χ0v) is 17.6. The van der Waals surface area contributed by atoms with Gasteiger partial charge in [0.2, 0.25) is 0 Å². The molecule has 0 radical (unpaired) electrons. The molecule has 2 N–H and O–H groups in total. The molecule has 0 saturated heterocycles. The fourth-order valence-electron chi connectivity index (χ4n) is 2.93. The van der Waals surface area contributed by atoms with Crippen molar-refractivity contribution in [1.29, 1.82) is 0 Å². The molecule has 6 heteroatoms. The van der Waals surface area contributed by atoms with E-state index in [1.165, 1.54) is 0 Å².